The van der Waals surface area contributed by atoms with Gasteiger partial charge in [-0.1, -0.05) is 6.92 Å². The number of hydrogen-bond donors (Lipinski definition) is 1. The van der Waals surface area contributed by atoms with Crippen molar-refractivity contribution >= 4 is 15.7 Å². The maximum absolute atomic E-state index is 13.8. The molecule has 5 nitrogen and oxygen atoms in total. The van der Waals surface area contributed by atoms with E-state index in [1.54, 1.807) is 0 Å². The summed E-state index contributed by atoms with van der Waals surface area (Å²) in [6.07, 6.45) is 0. The average Bonchev–Trinajstić information content (AvgIpc) is 2.78. The van der Waals surface area contributed by atoms with Crippen LogP contribution in [0, 0.1) is 18.7 Å². The summed E-state index contributed by atoms with van der Waals surface area (Å²) < 4.78 is 40.5. The fraction of sp³-hybridized carbons (Fsp3) is 0.571. The van der Waals surface area contributed by atoms with Crippen LogP contribution in [0.2, 0.25) is 0 Å². The number of halogens is 1. The average molecular weight is 315 g/mol. The Morgan fingerprint density at radius 2 is 1.95 bits per heavy atom. The highest BCUT2D eigenvalue weighted by molar-refractivity contribution is 7.89. The molecular weight excluding hydrogens is 293 g/mol. The number of nitrogen functional groups attached to an aromatic ring is 1. The topological polar surface area (TPSA) is 66.6 Å². The Kier molecular flexibility index (Phi) is 4.28. The lowest BCUT2D eigenvalue weighted by Crippen LogP contribution is -2.35. The number of sulfonamides is 1. The molecule has 1 fully saturated rings. The summed E-state index contributed by atoms with van der Waals surface area (Å²) >= 11 is 0. The van der Waals surface area contributed by atoms with Crippen molar-refractivity contribution in [3.63, 3.8) is 0 Å². The lowest BCUT2D eigenvalue weighted by molar-refractivity contribution is 0.263. The third-order valence-corrected chi connectivity index (χ3v) is 6.01. The molecule has 0 saturated carbocycles. The highest BCUT2D eigenvalue weighted by Crippen LogP contribution is 2.29. The number of benzene rings is 1. The second-order valence-corrected chi connectivity index (χ2v) is 7.89. The van der Waals surface area contributed by atoms with Gasteiger partial charge < -0.3 is 10.6 Å². The number of nitrogens with two attached hydrogens (primary N) is 1. The summed E-state index contributed by atoms with van der Waals surface area (Å²) in [6, 6.07) is 2.54. The van der Waals surface area contributed by atoms with Gasteiger partial charge in [0.05, 0.1) is 4.90 Å². The smallest absolute Gasteiger partial charge is 0.243 e. The first kappa shape index (κ1) is 16.2. The van der Waals surface area contributed by atoms with Crippen molar-refractivity contribution in [3.8, 4) is 0 Å². The zero-order chi connectivity index (χ0) is 15.9. The molecule has 1 heterocycles. The van der Waals surface area contributed by atoms with Crippen LogP contribution in [0.5, 0.6) is 0 Å². The summed E-state index contributed by atoms with van der Waals surface area (Å²) in [6.45, 7) is 4.39. The van der Waals surface area contributed by atoms with E-state index in [1.807, 2.05) is 25.9 Å². The number of anilines is 1. The van der Waals surface area contributed by atoms with Gasteiger partial charge >= 0.3 is 0 Å². The van der Waals surface area contributed by atoms with Crippen LogP contribution in [0.3, 0.4) is 0 Å². The van der Waals surface area contributed by atoms with Gasteiger partial charge in [-0.3, -0.25) is 0 Å². The van der Waals surface area contributed by atoms with E-state index < -0.39 is 15.8 Å². The molecule has 0 spiro atoms. The Labute approximate surface area is 125 Å². The fourth-order valence-corrected chi connectivity index (χ4v) is 4.35. The van der Waals surface area contributed by atoms with Gasteiger partial charge in [0.25, 0.3) is 0 Å². The quantitative estimate of drug-likeness (QED) is 0.854. The van der Waals surface area contributed by atoms with E-state index in [-0.39, 0.29) is 28.1 Å². The third-order valence-electron chi connectivity index (χ3n) is 4.20. The first-order valence-corrected chi connectivity index (χ1v) is 8.30. The third kappa shape index (κ3) is 2.90. The Balaban J connectivity index is 2.36. The van der Waals surface area contributed by atoms with Crippen molar-refractivity contribution in [2.45, 2.75) is 24.8 Å². The van der Waals surface area contributed by atoms with E-state index >= 15 is 0 Å². The molecule has 7 heteroatoms. The van der Waals surface area contributed by atoms with Gasteiger partial charge in [-0.25, -0.2) is 12.8 Å². The highest BCUT2D eigenvalue weighted by Gasteiger charge is 2.38. The van der Waals surface area contributed by atoms with Crippen LogP contribution in [-0.4, -0.2) is 50.8 Å². The Bertz CT molecular complexity index is 623. The van der Waals surface area contributed by atoms with Gasteiger partial charge in [0.15, 0.2) is 0 Å². The molecular formula is C14H22FN3O2S. The molecule has 0 aromatic heterocycles. The molecule has 0 bridgehead atoms. The predicted molar refractivity (Wildman–Crippen MR) is 80.9 cm³/mol. The van der Waals surface area contributed by atoms with Crippen LogP contribution < -0.4 is 5.73 Å². The number of nitrogens with zero attached hydrogens (tertiary/aromatic N) is 2. The molecule has 1 saturated heterocycles. The summed E-state index contributed by atoms with van der Waals surface area (Å²) in [5.41, 5.74) is 6.12. The molecule has 0 radical (unpaired) electrons. The van der Waals surface area contributed by atoms with Gasteiger partial charge in [0.1, 0.15) is 5.82 Å². The number of hydrogen-bond acceptors (Lipinski definition) is 4. The molecule has 1 aromatic rings. The molecule has 0 aliphatic carbocycles. The first-order valence-electron chi connectivity index (χ1n) is 6.86. The van der Waals surface area contributed by atoms with E-state index in [0.717, 1.165) is 6.07 Å². The SMILES string of the molecule is Cc1c(N)cc(S(=O)(=O)N2CC(C)C(N(C)C)C2)cc1F. The zero-order valence-electron chi connectivity index (χ0n) is 12.8. The Hall–Kier alpha value is -1.18. The lowest BCUT2D eigenvalue weighted by atomic mass is 10.1. The van der Waals surface area contributed by atoms with Gasteiger partial charge in [-0.05, 0) is 39.1 Å². The summed E-state index contributed by atoms with van der Waals surface area (Å²) in [5.74, 6) is -0.368. The van der Waals surface area contributed by atoms with Gasteiger partial charge in [-0.2, -0.15) is 4.31 Å². The zero-order valence-corrected chi connectivity index (χ0v) is 13.6. The van der Waals surface area contributed by atoms with Crippen LogP contribution >= 0.6 is 0 Å². The van der Waals surface area contributed by atoms with Gasteiger partial charge in [-0.15, -0.1) is 0 Å². The molecule has 1 aliphatic heterocycles. The van der Waals surface area contributed by atoms with Crippen molar-refractivity contribution in [2.24, 2.45) is 5.92 Å². The second kappa shape index (κ2) is 5.55. The van der Waals surface area contributed by atoms with Crippen LogP contribution in [0.25, 0.3) is 0 Å². The van der Waals surface area contributed by atoms with E-state index in [4.69, 9.17) is 5.73 Å². The molecule has 1 aliphatic rings. The maximum atomic E-state index is 13.8. The van der Waals surface area contributed by atoms with Crippen LogP contribution in [0.15, 0.2) is 17.0 Å². The highest BCUT2D eigenvalue weighted by atomic mass is 32.2. The van der Waals surface area contributed by atoms with Crippen molar-refractivity contribution in [3.05, 3.63) is 23.5 Å². The first-order chi connectivity index (χ1) is 9.64. The minimum Gasteiger partial charge on any atom is -0.398 e. The van der Waals surface area contributed by atoms with Crippen LogP contribution in [0.1, 0.15) is 12.5 Å². The van der Waals surface area contributed by atoms with E-state index in [1.165, 1.54) is 17.3 Å². The molecule has 0 amide bonds. The lowest BCUT2D eigenvalue weighted by Gasteiger charge is -2.22. The molecule has 2 unspecified atom stereocenters. The molecule has 21 heavy (non-hydrogen) atoms. The predicted octanol–water partition coefficient (Wildman–Crippen LogP) is 1.29. The minimum atomic E-state index is -3.71. The second-order valence-electron chi connectivity index (χ2n) is 5.95. The van der Waals surface area contributed by atoms with Gasteiger partial charge in [0, 0.05) is 30.4 Å². The van der Waals surface area contributed by atoms with Crippen molar-refractivity contribution < 1.29 is 12.8 Å². The summed E-state index contributed by atoms with van der Waals surface area (Å²) in [5, 5.41) is 0. The van der Waals surface area contributed by atoms with Crippen LogP contribution in [0.4, 0.5) is 10.1 Å². The summed E-state index contributed by atoms with van der Waals surface area (Å²) in [4.78, 5) is 1.94. The van der Waals surface area contributed by atoms with Gasteiger partial charge in [0.2, 0.25) is 10.0 Å². The number of likely N-dealkylation sites (N-methyl/N-ethyl adjacent to an activating group) is 1. The molecule has 2 atom stereocenters. The van der Waals surface area contributed by atoms with E-state index in [9.17, 15) is 12.8 Å². The molecule has 2 N–H and O–H groups in total. The van der Waals surface area contributed by atoms with E-state index in [0.29, 0.717) is 13.1 Å². The van der Waals surface area contributed by atoms with Crippen molar-refractivity contribution in [1.29, 1.82) is 0 Å². The maximum Gasteiger partial charge on any atom is 0.243 e. The fourth-order valence-electron chi connectivity index (χ4n) is 2.75. The molecule has 1 aromatic carbocycles. The largest absolute Gasteiger partial charge is 0.398 e. The minimum absolute atomic E-state index is 0.0743. The summed E-state index contributed by atoms with van der Waals surface area (Å²) in [7, 11) is 0.150. The standard InChI is InChI=1S/C14H22FN3O2S/c1-9-7-18(8-14(9)17(3)4)21(19,20)11-5-12(15)10(2)13(16)6-11/h5-6,9,14H,7-8,16H2,1-4H3. The Morgan fingerprint density at radius 1 is 1.33 bits per heavy atom. The Morgan fingerprint density at radius 3 is 2.43 bits per heavy atom. The van der Waals surface area contributed by atoms with E-state index in [2.05, 4.69) is 0 Å². The molecule has 2 rings (SSSR count). The molecule has 118 valence electrons. The normalized spacial score (nSPS) is 23.9. The van der Waals surface area contributed by atoms with Crippen molar-refractivity contribution in [2.75, 3.05) is 32.9 Å². The van der Waals surface area contributed by atoms with Crippen molar-refractivity contribution in [1.82, 2.24) is 9.21 Å². The number of rotatable bonds is 3. The van der Waals surface area contributed by atoms with Crippen LogP contribution in [-0.2, 0) is 10.0 Å². The monoisotopic (exact) mass is 315 g/mol.